The van der Waals surface area contributed by atoms with E-state index >= 15 is 0 Å². The Morgan fingerprint density at radius 2 is 1.68 bits per heavy atom. The Hall–Kier alpha value is -3.86. The molecule has 1 heterocycles. The molecule has 0 aliphatic rings. The Labute approximate surface area is 180 Å². The summed E-state index contributed by atoms with van der Waals surface area (Å²) < 4.78 is 11.4. The Balaban J connectivity index is 1.56. The first-order valence-electron chi connectivity index (χ1n) is 10.1. The lowest BCUT2D eigenvalue weighted by Gasteiger charge is -2.09. The first-order valence-corrected chi connectivity index (χ1v) is 10.1. The van der Waals surface area contributed by atoms with Gasteiger partial charge in [0.1, 0.15) is 17.1 Å². The van der Waals surface area contributed by atoms with Gasteiger partial charge in [0.25, 0.3) is 5.91 Å². The number of carbonyl (C=O) groups excluding carboxylic acids is 1. The highest BCUT2D eigenvalue weighted by Gasteiger charge is 2.11. The van der Waals surface area contributed by atoms with Gasteiger partial charge in [-0.3, -0.25) is 9.59 Å². The number of aryl methyl sites for hydroxylation is 2. The van der Waals surface area contributed by atoms with Crippen LogP contribution in [-0.4, -0.2) is 12.5 Å². The Morgan fingerprint density at radius 3 is 2.35 bits per heavy atom. The molecule has 5 heteroatoms. The molecule has 0 atom stereocenters. The monoisotopic (exact) mass is 413 g/mol. The van der Waals surface area contributed by atoms with E-state index < -0.39 is 0 Å². The molecule has 0 fully saturated rings. The fraction of sp³-hybridized carbons (Fsp3) is 0.154. The maximum atomic E-state index is 12.6. The van der Waals surface area contributed by atoms with Crippen LogP contribution in [0.15, 0.2) is 75.9 Å². The highest BCUT2D eigenvalue weighted by atomic mass is 16.5. The summed E-state index contributed by atoms with van der Waals surface area (Å²) in [7, 11) is 0. The summed E-state index contributed by atoms with van der Waals surface area (Å²) in [5.74, 6) is 1.01. The van der Waals surface area contributed by atoms with Crippen LogP contribution < -0.4 is 15.5 Å². The molecular formula is C26H23NO4. The number of fused-ring (bicyclic) bond motifs is 1. The van der Waals surface area contributed by atoms with Crippen LogP contribution in [0, 0.1) is 13.8 Å². The molecule has 0 aliphatic carbocycles. The molecule has 3 aromatic carbocycles. The molecule has 0 bridgehead atoms. The van der Waals surface area contributed by atoms with E-state index in [9.17, 15) is 9.59 Å². The highest BCUT2D eigenvalue weighted by Crippen LogP contribution is 2.25. The maximum absolute atomic E-state index is 12.6. The highest BCUT2D eigenvalue weighted by molar-refractivity contribution is 6.04. The van der Waals surface area contributed by atoms with E-state index in [-0.39, 0.29) is 11.3 Å². The molecule has 31 heavy (non-hydrogen) atoms. The predicted octanol–water partition coefficient (Wildman–Crippen LogP) is 5.73. The second-order valence-electron chi connectivity index (χ2n) is 7.42. The van der Waals surface area contributed by atoms with Crippen LogP contribution in [0.3, 0.4) is 0 Å². The van der Waals surface area contributed by atoms with Crippen molar-refractivity contribution in [2.45, 2.75) is 20.8 Å². The molecule has 1 aromatic heterocycles. The SMILES string of the molecule is CCOc1ccc(NC(=O)c2ccc(-c3cc(=O)c4cc(C)cc(C)c4o3)cc2)cc1. The number of ether oxygens (including phenoxy) is 1. The Bertz CT molecular complexity index is 1300. The van der Waals surface area contributed by atoms with Gasteiger partial charge in [-0.15, -0.1) is 0 Å². The van der Waals surface area contributed by atoms with Gasteiger partial charge in [0.2, 0.25) is 0 Å². The van der Waals surface area contributed by atoms with Gasteiger partial charge >= 0.3 is 0 Å². The summed E-state index contributed by atoms with van der Waals surface area (Å²) in [6.07, 6.45) is 0. The van der Waals surface area contributed by atoms with Crippen molar-refractivity contribution in [3.63, 3.8) is 0 Å². The fourth-order valence-corrected chi connectivity index (χ4v) is 3.54. The number of carbonyl (C=O) groups is 1. The van der Waals surface area contributed by atoms with Gasteiger partial charge in [-0.2, -0.15) is 0 Å². The summed E-state index contributed by atoms with van der Waals surface area (Å²) in [5.41, 5.74) is 4.37. The molecule has 156 valence electrons. The van der Waals surface area contributed by atoms with Crippen molar-refractivity contribution in [1.29, 1.82) is 0 Å². The van der Waals surface area contributed by atoms with Crippen molar-refractivity contribution in [3.8, 4) is 17.1 Å². The number of rotatable bonds is 5. The number of hydrogen-bond acceptors (Lipinski definition) is 4. The summed E-state index contributed by atoms with van der Waals surface area (Å²) in [6, 6.07) is 19.5. The van der Waals surface area contributed by atoms with E-state index in [0.29, 0.717) is 34.6 Å². The molecule has 0 saturated heterocycles. The summed E-state index contributed by atoms with van der Waals surface area (Å²) in [4.78, 5) is 25.1. The zero-order chi connectivity index (χ0) is 22.0. The summed E-state index contributed by atoms with van der Waals surface area (Å²) >= 11 is 0. The van der Waals surface area contributed by atoms with E-state index in [2.05, 4.69) is 5.32 Å². The third-order valence-corrected chi connectivity index (χ3v) is 5.01. The first-order chi connectivity index (χ1) is 14.9. The van der Waals surface area contributed by atoms with Crippen molar-refractivity contribution in [2.75, 3.05) is 11.9 Å². The lowest BCUT2D eigenvalue weighted by Crippen LogP contribution is -2.11. The number of benzene rings is 3. The standard InChI is InChI=1S/C26H23NO4/c1-4-30-21-11-9-20(10-12-21)27-26(29)19-7-5-18(6-8-19)24-15-23(28)22-14-16(2)13-17(3)25(22)31-24/h5-15H,4H2,1-3H3,(H,27,29). The minimum absolute atomic E-state index is 0.0830. The summed E-state index contributed by atoms with van der Waals surface area (Å²) in [6.45, 7) is 6.40. The van der Waals surface area contributed by atoms with Gasteiger partial charge < -0.3 is 14.5 Å². The number of nitrogens with one attached hydrogen (secondary N) is 1. The average Bonchev–Trinajstić information content (AvgIpc) is 2.76. The molecule has 4 aromatic rings. The molecular weight excluding hydrogens is 390 g/mol. The van der Waals surface area contributed by atoms with Crippen LogP contribution >= 0.6 is 0 Å². The smallest absolute Gasteiger partial charge is 0.255 e. The zero-order valence-corrected chi connectivity index (χ0v) is 17.7. The zero-order valence-electron chi connectivity index (χ0n) is 17.7. The number of amides is 1. The third-order valence-electron chi connectivity index (χ3n) is 5.01. The van der Waals surface area contributed by atoms with Gasteiger partial charge in [-0.1, -0.05) is 18.2 Å². The van der Waals surface area contributed by atoms with E-state index in [1.54, 1.807) is 36.4 Å². The average molecular weight is 413 g/mol. The largest absolute Gasteiger partial charge is 0.494 e. The van der Waals surface area contributed by atoms with Gasteiger partial charge in [0.15, 0.2) is 5.43 Å². The molecule has 1 amide bonds. The van der Waals surface area contributed by atoms with Crippen LogP contribution in [0.1, 0.15) is 28.4 Å². The lowest BCUT2D eigenvalue weighted by atomic mass is 10.1. The lowest BCUT2D eigenvalue weighted by molar-refractivity contribution is 0.102. The minimum Gasteiger partial charge on any atom is -0.494 e. The Morgan fingerprint density at radius 1 is 0.968 bits per heavy atom. The molecule has 5 nitrogen and oxygen atoms in total. The Kier molecular flexibility index (Phi) is 5.58. The quantitative estimate of drug-likeness (QED) is 0.454. The normalized spacial score (nSPS) is 10.8. The van der Waals surface area contributed by atoms with Crippen molar-refractivity contribution < 1.29 is 13.9 Å². The van der Waals surface area contributed by atoms with Crippen LogP contribution in [0.25, 0.3) is 22.3 Å². The molecule has 0 aliphatic heterocycles. The third kappa shape index (κ3) is 4.36. The molecule has 0 spiro atoms. The van der Waals surface area contributed by atoms with Crippen LogP contribution in [0.2, 0.25) is 0 Å². The van der Waals surface area contributed by atoms with Crippen LogP contribution in [-0.2, 0) is 0 Å². The second kappa shape index (κ2) is 8.48. The van der Waals surface area contributed by atoms with E-state index in [1.165, 1.54) is 6.07 Å². The van der Waals surface area contributed by atoms with Crippen LogP contribution in [0.5, 0.6) is 5.75 Å². The van der Waals surface area contributed by atoms with Gasteiger partial charge in [-0.25, -0.2) is 0 Å². The van der Waals surface area contributed by atoms with E-state index in [0.717, 1.165) is 22.4 Å². The van der Waals surface area contributed by atoms with Crippen molar-refractivity contribution in [3.05, 3.63) is 93.6 Å². The fourth-order valence-electron chi connectivity index (χ4n) is 3.54. The number of hydrogen-bond donors (Lipinski definition) is 1. The molecule has 1 N–H and O–H groups in total. The van der Waals surface area contributed by atoms with E-state index in [4.69, 9.17) is 9.15 Å². The van der Waals surface area contributed by atoms with Crippen molar-refractivity contribution in [2.24, 2.45) is 0 Å². The number of anilines is 1. The molecule has 0 unspecified atom stereocenters. The van der Waals surface area contributed by atoms with Crippen molar-refractivity contribution >= 4 is 22.6 Å². The first kappa shape index (κ1) is 20.4. The predicted molar refractivity (Wildman–Crippen MR) is 123 cm³/mol. The maximum Gasteiger partial charge on any atom is 0.255 e. The van der Waals surface area contributed by atoms with Gasteiger partial charge in [-0.05, 0) is 74.4 Å². The topological polar surface area (TPSA) is 68.5 Å². The van der Waals surface area contributed by atoms with E-state index in [1.807, 2.05) is 45.0 Å². The molecule has 4 rings (SSSR count). The van der Waals surface area contributed by atoms with Gasteiger partial charge in [0, 0.05) is 22.9 Å². The molecule has 0 saturated carbocycles. The summed E-state index contributed by atoms with van der Waals surface area (Å²) in [5, 5.41) is 3.44. The van der Waals surface area contributed by atoms with Crippen molar-refractivity contribution in [1.82, 2.24) is 0 Å². The minimum atomic E-state index is -0.220. The van der Waals surface area contributed by atoms with Gasteiger partial charge in [0.05, 0.1) is 12.0 Å². The second-order valence-corrected chi connectivity index (χ2v) is 7.42. The van der Waals surface area contributed by atoms with Crippen LogP contribution in [0.4, 0.5) is 5.69 Å². The molecule has 0 radical (unpaired) electrons.